The van der Waals surface area contributed by atoms with Crippen LogP contribution in [0.15, 0.2) is 15.5 Å². The van der Waals surface area contributed by atoms with Crippen molar-refractivity contribution in [2.45, 2.75) is 84.7 Å². The minimum atomic E-state index is -0.201. The molecule has 7 aliphatic rings. The Morgan fingerprint density at radius 3 is 2.39 bits per heavy atom. The molecule has 0 aliphatic heterocycles. The van der Waals surface area contributed by atoms with E-state index in [1.165, 1.54) is 43.2 Å². The van der Waals surface area contributed by atoms with Crippen LogP contribution in [0.25, 0.3) is 0 Å². The summed E-state index contributed by atoms with van der Waals surface area (Å²) in [6.07, 6.45) is 11.6. The zero-order valence-electron chi connectivity index (χ0n) is 20.2. The van der Waals surface area contributed by atoms with Crippen molar-refractivity contribution >= 4 is 27.4 Å². The fraction of sp³-hybridized carbons (Fsp3) is 0.815. The van der Waals surface area contributed by atoms with Crippen molar-refractivity contribution in [1.82, 2.24) is 9.78 Å². The van der Waals surface area contributed by atoms with Crippen LogP contribution >= 0.6 is 15.9 Å². The molecule has 7 aliphatic carbocycles. The van der Waals surface area contributed by atoms with E-state index in [0.29, 0.717) is 34.2 Å². The SMILES string of the molecule is C[C@@H]1[C@H]2C[C@@H](C[C@H]1Nc1cnn(CC(=O)CC3C4CC5CC(C4)CC3C5)c(=O)c1Br)C2(C)C. The average Bonchev–Trinajstić information content (AvgIpc) is 2.76. The molecule has 0 unspecified atom stereocenters. The maximum atomic E-state index is 13.0. The fourth-order valence-electron chi connectivity index (χ4n) is 9.08. The molecule has 4 atom stereocenters. The van der Waals surface area contributed by atoms with Gasteiger partial charge in [-0.05, 0) is 114 Å². The molecular weight excluding hydrogens is 478 g/mol. The van der Waals surface area contributed by atoms with Gasteiger partial charge in [-0.2, -0.15) is 5.10 Å². The summed E-state index contributed by atoms with van der Waals surface area (Å²) in [5.41, 5.74) is 1.00. The van der Waals surface area contributed by atoms with Gasteiger partial charge in [-0.3, -0.25) is 9.59 Å². The number of carbonyl (C=O) groups is 1. The van der Waals surface area contributed by atoms with Crippen LogP contribution < -0.4 is 10.9 Å². The average molecular weight is 517 g/mol. The highest BCUT2D eigenvalue weighted by molar-refractivity contribution is 9.10. The quantitative estimate of drug-likeness (QED) is 0.541. The first-order valence-corrected chi connectivity index (χ1v) is 14.0. The van der Waals surface area contributed by atoms with E-state index in [1.54, 1.807) is 6.20 Å². The van der Waals surface area contributed by atoms with E-state index >= 15 is 0 Å². The normalized spacial score (nSPS) is 42.1. The number of fused-ring (bicyclic) bond motifs is 2. The smallest absolute Gasteiger partial charge is 0.283 e. The molecule has 0 amide bonds. The molecule has 1 heterocycles. The summed E-state index contributed by atoms with van der Waals surface area (Å²) < 4.78 is 1.86. The lowest BCUT2D eigenvalue weighted by Crippen LogP contribution is -2.58. The third-order valence-electron chi connectivity index (χ3n) is 10.9. The minimum absolute atomic E-state index is 0.0959. The van der Waals surface area contributed by atoms with Gasteiger partial charge in [-0.25, -0.2) is 4.68 Å². The second-order valence-corrected chi connectivity index (χ2v) is 13.7. The number of hydrogen-bond acceptors (Lipinski definition) is 4. The van der Waals surface area contributed by atoms with Gasteiger partial charge < -0.3 is 5.32 Å². The van der Waals surface area contributed by atoms with Crippen molar-refractivity contribution in [3.8, 4) is 0 Å². The minimum Gasteiger partial charge on any atom is -0.380 e. The number of nitrogens with one attached hydrogen (secondary N) is 1. The molecule has 6 heteroatoms. The first-order chi connectivity index (χ1) is 15.7. The molecule has 0 saturated heterocycles. The fourth-order valence-corrected chi connectivity index (χ4v) is 9.51. The van der Waals surface area contributed by atoms with E-state index in [0.717, 1.165) is 47.6 Å². The van der Waals surface area contributed by atoms with Crippen LogP contribution in [0.5, 0.6) is 0 Å². The van der Waals surface area contributed by atoms with Crippen LogP contribution in [0.2, 0.25) is 0 Å². The Bertz CT molecular complexity index is 989. The van der Waals surface area contributed by atoms with E-state index in [4.69, 9.17) is 0 Å². The van der Waals surface area contributed by atoms with Gasteiger partial charge in [0.1, 0.15) is 11.0 Å². The number of aromatic nitrogens is 2. The highest BCUT2D eigenvalue weighted by Gasteiger charge is 2.56. The standard InChI is InChI=1S/C27H38BrN3O2/c1-14-22-9-19(27(22,2)3)10-23(14)30-24-12-29-31(26(33)25(24)28)13-20(32)11-21-17-5-15-4-16(7-17)8-18(21)6-15/h12,14-19,21-23,30H,4-11,13H2,1-3H3/t14-,15?,16?,17?,18?,19+,21?,22-,23-/m1/s1. The summed E-state index contributed by atoms with van der Waals surface area (Å²) >= 11 is 3.52. The Morgan fingerprint density at radius 2 is 1.79 bits per heavy atom. The predicted molar refractivity (Wildman–Crippen MR) is 133 cm³/mol. The molecule has 0 spiro atoms. The molecular formula is C27H38BrN3O2. The molecule has 0 radical (unpaired) electrons. The Hall–Kier alpha value is -1.17. The largest absolute Gasteiger partial charge is 0.380 e. The highest BCUT2D eigenvalue weighted by atomic mass is 79.9. The number of hydrogen-bond donors (Lipinski definition) is 1. The van der Waals surface area contributed by atoms with Crippen LogP contribution in [0.4, 0.5) is 5.69 Å². The third-order valence-corrected chi connectivity index (χ3v) is 11.7. The van der Waals surface area contributed by atoms with Gasteiger partial charge in [-0.1, -0.05) is 20.8 Å². The van der Waals surface area contributed by atoms with Crippen LogP contribution in [0, 0.1) is 52.8 Å². The zero-order valence-corrected chi connectivity index (χ0v) is 21.8. The summed E-state index contributed by atoms with van der Waals surface area (Å²) in [6, 6.07) is 0.369. The van der Waals surface area contributed by atoms with Crippen LogP contribution in [0.3, 0.4) is 0 Å². The first kappa shape index (κ1) is 22.3. The summed E-state index contributed by atoms with van der Waals surface area (Å²) in [6.45, 7) is 7.23. The molecule has 180 valence electrons. The lowest BCUT2D eigenvalue weighted by Gasteiger charge is -2.62. The van der Waals surface area contributed by atoms with Gasteiger partial charge in [0.2, 0.25) is 0 Å². The van der Waals surface area contributed by atoms with Gasteiger partial charge >= 0.3 is 0 Å². The van der Waals surface area contributed by atoms with Crippen molar-refractivity contribution in [3.63, 3.8) is 0 Å². The molecule has 6 bridgehead atoms. The van der Waals surface area contributed by atoms with Gasteiger partial charge in [0.05, 0.1) is 11.9 Å². The second-order valence-electron chi connectivity index (χ2n) is 12.9. The molecule has 5 nitrogen and oxygen atoms in total. The molecule has 33 heavy (non-hydrogen) atoms. The van der Waals surface area contributed by atoms with Gasteiger partial charge in [0.25, 0.3) is 5.56 Å². The maximum absolute atomic E-state index is 13.0. The summed E-state index contributed by atoms with van der Waals surface area (Å²) in [7, 11) is 0. The summed E-state index contributed by atoms with van der Waals surface area (Å²) in [4.78, 5) is 26.0. The number of carbonyl (C=O) groups excluding carboxylic acids is 1. The number of halogens is 1. The van der Waals surface area contributed by atoms with Crippen molar-refractivity contribution in [3.05, 3.63) is 21.0 Å². The number of ketones is 1. The van der Waals surface area contributed by atoms with E-state index < -0.39 is 0 Å². The summed E-state index contributed by atoms with van der Waals surface area (Å²) in [5.74, 6) is 6.08. The topological polar surface area (TPSA) is 64.0 Å². The lowest BCUT2D eigenvalue weighted by atomic mass is 9.45. The summed E-state index contributed by atoms with van der Waals surface area (Å²) in [5, 5.41) is 8.02. The maximum Gasteiger partial charge on any atom is 0.283 e. The van der Waals surface area contributed by atoms with Gasteiger partial charge in [-0.15, -0.1) is 0 Å². The molecule has 7 fully saturated rings. The zero-order chi connectivity index (χ0) is 23.1. The molecule has 1 aromatic heterocycles. The van der Waals surface area contributed by atoms with Gasteiger partial charge in [0.15, 0.2) is 5.78 Å². The monoisotopic (exact) mass is 515 g/mol. The highest BCUT2D eigenvalue weighted by Crippen LogP contribution is 2.61. The van der Waals surface area contributed by atoms with Gasteiger partial charge in [0, 0.05) is 12.5 Å². The van der Waals surface area contributed by atoms with E-state index in [1.807, 2.05) is 0 Å². The number of rotatable bonds is 6. The lowest BCUT2D eigenvalue weighted by molar-refractivity contribution is -0.125. The van der Waals surface area contributed by atoms with Crippen molar-refractivity contribution < 1.29 is 4.79 Å². The van der Waals surface area contributed by atoms with Crippen molar-refractivity contribution in [2.75, 3.05) is 5.32 Å². The number of anilines is 1. The number of Topliss-reactive ketones (excluding diaryl/α,β-unsaturated/α-hetero) is 1. The number of nitrogens with zero attached hydrogens (tertiary/aromatic N) is 2. The first-order valence-electron chi connectivity index (χ1n) is 13.2. The van der Waals surface area contributed by atoms with Crippen molar-refractivity contribution in [1.29, 1.82) is 0 Å². The van der Waals surface area contributed by atoms with E-state index in [2.05, 4.69) is 47.1 Å². The predicted octanol–water partition coefficient (Wildman–Crippen LogP) is 5.52. The van der Waals surface area contributed by atoms with E-state index in [-0.39, 0.29) is 17.9 Å². The Balaban J connectivity index is 1.11. The van der Waals surface area contributed by atoms with Crippen LogP contribution in [0.1, 0.15) is 72.1 Å². The molecule has 7 saturated carbocycles. The van der Waals surface area contributed by atoms with Crippen molar-refractivity contribution in [2.24, 2.45) is 52.8 Å². The molecule has 8 rings (SSSR count). The van der Waals surface area contributed by atoms with E-state index in [9.17, 15) is 9.59 Å². The Morgan fingerprint density at radius 1 is 1.12 bits per heavy atom. The molecule has 1 aromatic rings. The second kappa shape index (κ2) is 7.93. The van der Waals surface area contributed by atoms with Crippen LogP contribution in [-0.4, -0.2) is 21.6 Å². The Labute approximate surface area is 205 Å². The molecule has 1 N–H and O–H groups in total. The van der Waals surface area contributed by atoms with Crippen LogP contribution in [-0.2, 0) is 11.3 Å². The Kier molecular flexibility index (Phi) is 5.36. The molecule has 0 aromatic carbocycles. The third kappa shape index (κ3) is 3.65.